The lowest BCUT2D eigenvalue weighted by molar-refractivity contribution is -0.119. The number of pyridine rings is 1. The highest BCUT2D eigenvalue weighted by atomic mass is 16.5. The molecule has 2 N–H and O–H groups in total. The molecule has 0 radical (unpaired) electrons. The Morgan fingerprint density at radius 2 is 1.97 bits per heavy atom. The van der Waals surface area contributed by atoms with Gasteiger partial charge in [0.25, 0.3) is 5.91 Å². The van der Waals surface area contributed by atoms with Crippen LogP contribution in [0.3, 0.4) is 0 Å². The van der Waals surface area contributed by atoms with Crippen molar-refractivity contribution in [2.75, 3.05) is 19.0 Å². The number of carbonyl (C=O) groups is 2. The minimum Gasteiger partial charge on any atom is -0.375 e. The van der Waals surface area contributed by atoms with Crippen molar-refractivity contribution in [2.45, 2.75) is 58.5 Å². The molecule has 2 amide bonds. The number of ether oxygens (including phenoxy) is 1. The van der Waals surface area contributed by atoms with E-state index in [2.05, 4.69) is 31.4 Å². The largest absolute Gasteiger partial charge is 0.375 e. The number of rotatable bonds is 7. The van der Waals surface area contributed by atoms with Crippen LogP contribution in [0.1, 0.15) is 66.8 Å². The number of amides is 2. The minimum atomic E-state index is -0.247. The van der Waals surface area contributed by atoms with Gasteiger partial charge in [-0.25, -0.2) is 9.67 Å². The number of hydrogen-bond acceptors (Lipinski definition) is 5. The van der Waals surface area contributed by atoms with Crippen LogP contribution in [0, 0.1) is 6.92 Å². The van der Waals surface area contributed by atoms with E-state index in [0.717, 1.165) is 40.8 Å². The van der Waals surface area contributed by atoms with E-state index in [1.54, 1.807) is 6.07 Å². The van der Waals surface area contributed by atoms with Crippen molar-refractivity contribution in [3.63, 3.8) is 0 Å². The third-order valence-corrected chi connectivity index (χ3v) is 5.65. The number of nitrogens with zero attached hydrogens (tertiary/aromatic N) is 3. The van der Waals surface area contributed by atoms with Gasteiger partial charge in [-0.15, -0.1) is 0 Å². The Hall–Kier alpha value is -3.26. The summed E-state index contributed by atoms with van der Waals surface area (Å²) in [6.45, 7) is 8.51. The fourth-order valence-electron chi connectivity index (χ4n) is 3.91. The van der Waals surface area contributed by atoms with E-state index in [1.165, 1.54) is 7.11 Å². The van der Waals surface area contributed by atoms with E-state index in [0.29, 0.717) is 23.7 Å². The standard InChI is InChI=1S/C25H31N5O3/c1-15-22-19(12-20(17-9-10-17)28-23(22)30(29-15)25(2,3)4)24(32)26-13-16-7-6-8-18(11-16)27-21(31)14-33-5/h6-8,11-12,17H,9-10,13-14H2,1-5H3,(H,26,32)(H,27,31). The predicted molar refractivity (Wildman–Crippen MR) is 127 cm³/mol. The van der Waals surface area contributed by atoms with Gasteiger partial charge in [0.05, 0.1) is 22.2 Å². The van der Waals surface area contributed by atoms with Gasteiger partial charge in [-0.05, 0) is 64.3 Å². The van der Waals surface area contributed by atoms with Crippen LogP contribution < -0.4 is 10.6 Å². The van der Waals surface area contributed by atoms with Gasteiger partial charge < -0.3 is 15.4 Å². The molecule has 0 atom stereocenters. The maximum absolute atomic E-state index is 13.3. The van der Waals surface area contributed by atoms with Gasteiger partial charge in [-0.3, -0.25) is 9.59 Å². The van der Waals surface area contributed by atoms with Crippen LogP contribution >= 0.6 is 0 Å². The summed E-state index contributed by atoms with van der Waals surface area (Å²) < 4.78 is 6.77. The molecule has 0 unspecified atom stereocenters. The molecule has 4 rings (SSSR count). The topological polar surface area (TPSA) is 98.1 Å². The summed E-state index contributed by atoms with van der Waals surface area (Å²) >= 11 is 0. The molecule has 0 bridgehead atoms. The Morgan fingerprint density at radius 1 is 1.21 bits per heavy atom. The number of benzene rings is 1. The molecule has 1 aromatic carbocycles. The maximum atomic E-state index is 13.3. The summed E-state index contributed by atoms with van der Waals surface area (Å²) in [6.07, 6.45) is 2.20. The first-order valence-corrected chi connectivity index (χ1v) is 11.2. The Kier molecular flexibility index (Phi) is 6.21. The van der Waals surface area contributed by atoms with Gasteiger partial charge in [0, 0.05) is 31.0 Å². The minimum absolute atomic E-state index is 0.00999. The number of hydrogen-bond donors (Lipinski definition) is 2. The van der Waals surface area contributed by atoms with Crippen LogP contribution in [-0.2, 0) is 21.6 Å². The quantitative estimate of drug-likeness (QED) is 0.570. The van der Waals surface area contributed by atoms with Crippen LogP contribution in [0.5, 0.6) is 0 Å². The van der Waals surface area contributed by atoms with E-state index in [-0.39, 0.29) is 24.0 Å². The zero-order chi connectivity index (χ0) is 23.8. The predicted octanol–water partition coefficient (Wildman–Crippen LogP) is 3.89. The third-order valence-electron chi connectivity index (χ3n) is 5.65. The van der Waals surface area contributed by atoms with Crippen LogP contribution in [0.25, 0.3) is 11.0 Å². The number of aromatic nitrogens is 3. The van der Waals surface area contributed by atoms with Gasteiger partial charge in [0.1, 0.15) is 6.61 Å². The Bertz CT molecular complexity index is 1200. The SMILES string of the molecule is COCC(=O)Nc1cccc(CNC(=O)c2cc(C3CC3)nc3c2c(C)nn3C(C)(C)C)c1. The average Bonchev–Trinajstić information content (AvgIpc) is 3.54. The summed E-state index contributed by atoms with van der Waals surface area (Å²) in [5, 5.41) is 11.3. The molecule has 2 heterocycles. The monoisotopic (exact) mass is 449 g/mol. The van der Waals surface area contributed by atoms with Crippen LogP contribution in [0.4, 0.5) is 5.69 Å². The summed E-state index contributed by atoms with van der Waals surface area (Å²) in [5.74, 6) is 0.0310. The summed E-state index contributed by atoms with van der Waals surface area (Å²) in [4.78, 5) is 30.0. The molecule has 0 saturated heterocycles. The molecule has 2 aromatic heterocycles. The number of nitrogens with one attached hydrogen (secondary N) is 2. The second-order valence-corrected chi connectivity index (χ2v) is 9.60. The Morgan fingerprint density at radius 3 is 2.64 bits per heavy atom. The van der Waals surface area contributed by atoms with Crippen molar-refractivity contribution in [3.05, 3.63) is 52.8 Å². The fraction of sp³-hybridized carbons (Fsp3) is 0.440. The van der Waals surface area contributed by atoms with Crippen LogP contribution in [-0.4, -0.2) is 40.3 Å². The van der Waals surface area contributed by atoms with Crippen molar-refractivity contribution in [1.29, 1.82) is 0 Å². The molecule has 1 saturated carbocycles. The fourth-order valence-corrected chi connectivity index (χ4v) is 3.91. The molecule has 8 nitrogen and oxygen atoms in total. The normalized spacial score (nSPS) is 13.8. The number of anilines is 1. The lowest BCUT2D eigenvalue weighted by Gasteiger charge is -2.20. The lowest BCUT2D eigenvalue weighted by Crippen LogP contribution is -2.25. The molecule has 0 aliphatic heterocycles. The second kappa shape index (κ2) is 8.94. The van der Waals surface area contributed by atoms with Gasteiger partial charge in [0.15, 0.2) is 5.65 Å². The molecular formula is C25H31N5O3. The van der Waals surface area contributed by atoms with Gasteiger partial charge in [-0.1, -0.05) is 12.1 Å². The molecular weight excluding hydrogens is 418 g/mol. The molecule has 1 aliphatic rings. The summed E-state index contributed by atoms with van der Waals surface area (Å²) in [7, 11) is 1.48. The second-order valence-electron chi connectivity index (χ2n) is 9.60. The molecule has 0 spiro atoms. The van der Waals surface area contributed by atoms with Gasteiger partial charge >= 0.3 is 0 Å². The van der Waals surface area contributed by atoms with Crippen LogP contribution in [0.2, 0.25) is 0 Å². The smallest absolute Gasteiger partial charge is 0.252 e. The number of fused-ring (bicyclic) bond motifs is 1. The zero-order valence-corrected chi connectivity index (χ0v) is 19.9. The Balaban J connectivity index is 1.60. The first kappa shape index (κ1) is 22.9. The number of methoxy groups -OCH3 is 1. The van der Waals surface area contributed by atoms with Gasteiger partial charge in [-0.2, -0.15) is 5.10 Å². The zero-order valence-electron chi connectivity index (χ0n) is 19.9. The first-order valence-electron chi connectivity index (χ1n) is 11.2. The lowest BCUT2D eigenvalue weighted by atomic mass is 10.1. The highest BCUT2D eigenvalue weighted by Crippen LogP contribution is 2.41. The first-order chi connectivity index (χ1) is 15.7. The number of aryl methyl sites for hydroxylation is 1. The molecule has 174 valence electrons. The molecule has 8 heteroatoms. The molecule has 1 aliphatic carbocycles. The highest BCUT2D eigenvalue weighted by molar-refractivity contribution is 6.06. The molecule has 33 heavy (non-hydrogen) atoms. The summed E-state index contributed by atoms with van der Waals surface area (Å²) in [6, 6.07) is 9.33. The number of carbonyl (C=O) groups excluding carboxylic acids is 2. The Labute approximate surface area is 193 Å². The van der Waals surface area contributed by atoms with Crippen molar-refractivity contribution in [2.24, 2.45) is 0 Å². The van der Waals surface area contributed by atoms with E-state index in [4.69, 9.17) is 14.8 Å². The van der Waals surface area contributed by atoms with Crippen molar-refractivity contribution >= 4 is 28.5 Å². The third kappa shape index (κ3) is 5.06. The van der Waals surface area contributed by atoms with Gasteiger partial charge in [0.2, 0.25) is 5.91 Å². The van der Waals surface area contributed by atoms with E-state index in [9.17, 15) is 9.59 Å². The average molecular weight is 450 g/mol. The van der Waals surface area contributed by atoms with E-state index >= 15 is 0 Å². The highest BCUT2D eigenvalue weighted by Gasteiger charge is 2.30. The van der Waals surface area contributed by atoms with E-state index < -0.39 is 0 Å². The summed E-state index contributed by atoms with van der Waals surface area (Å²) in [5.41, 5.74) is 4.42. The van der Waals surface area contributed by atoms with Crippen molar-refractivity contribution in [1.82, 2.24) is 20.1 Å². The maximum Gasteiger partial charge on any atom is 0.252 e. The van der Waals surface area contributed by atoms with Crippen molar-refractivity contribution < 1.29 is 14.3 Å². The molecule has 1 fully saturated rings. The van der Waals surface area contributed by atoms with E-state index in [1.807, 2.05) is 35.9 Å². The van der Waals surface area contributed by atoms with Crippen LogP contribution in [0.15, 0.2) is 30.3 Å². The molecule has 3 aromatic rings. The van der Waals surface area contributed by atoms with Crippen molar-refractivity contribution in [3.8, 4) is 0 Å².